The van der Waals surface area contributed by atoms with E-state index in [1.807, 2.05) is 13.8 Å². The number of nitrogens with zero attached hydrogens (tertiary/aromatic N) is 1. The van der Waals surface area contributed by atoms with Crippen molar-refractivity contribution < 1.29 is 13.9 Å². The Bertz CT molecular complexity index is 494. The quantitative estimate of drug-likeness (QED) is 0.903. The topological polar surface area (TPSA) is 41.6 Å². The van der Waals surface area contributed by atoms with E-state index in [9.17, 15) is 9.18 Å². The van der Waals surface area contributed by atoms with Gasteiger partial charge in [0.25, 0.3) is 0 Å². The average molecular weight is 278 g/mol. The normalized spacial score (nSPS) is 23.1. The number of urea groups is 1. The van der Waals surface area contributed by atoms with Gasteiger partial charge in [-0.05, 0) is 26.0 Å². The maximum Gasteiger partial charge on any atom is 0.321 e. The van der Waals surface area contributed by atoms with Crippen LogP contribution in [0.5, 0.6) is 0 Å². The van der Waals surface area contributed by atoms with Gasteiger partial charge in [0, 0.05) is 24.9 Å². The standard InChI is InChI=1S/C15H19FN2O2/c1-11-9-18(10-12(2)20-11)15(19)17-8-7-13-5-3-4-6-14(13)16/h3-8,11-12H,9-10H2,1-2H3,(H,17,19)/b8-7+. The van der Waals surface area contributed by atoms with E-state index in [1.54, 1.807) is 29.2 Å². The fourth-order valence-corrected chi connectivity index (χ4v) is 2.25. The summed E-state index contributed by atoms with van der Waals surface area (Å²) in [6.45, 7) is 4.99. The molecule has 1 aliphatic rings. The second kappa shape index (κ2) is 6.52. The zero-order chi connectivity index (χ0) is 14.5. The minimum atomic E-state index is -0.313. The largest absolute Gasteiger partial charge is 0.372 e. The van der Waals surface area contributed by atoms with Crippen LogP contribution in [0.4, 0.5) is 9.18 Å². The van der Waals surface area contributed by atoms with Crippen LogP contribution in [0.2, 0.25) is 0 Å². The molecule has 20 heavy (non-hydrogen) atoms. The van der Waals surface area contributed by atoms with Gasteiger partial charge in [0.2, 0.25) is 0 Å². The molecule has 2 atom stereocenters. The summed E-state index contributed by atoms with van der Waals surface area (Å²) < 4.78 is 18.9. The summed E-state index contributed by atoms with van der Waals surface area (Å²) in [6.07, 6.45) is 3.06. The summed E-state index contributed by atoms with van der Waals surface area (Å²) in [7, 11) is 0. The first-order chi connectivity index (χ1) is 9.56. The first kappa shape index (κ1) is 14.5. The van der Waals surface area contributed by atoms with E-state index in [4.69, 9.17) is 4.74 Å². The number of rotatable bonds is 2. The van der Waals surface area contributed by atoms with E-state index in [2.05, 4.69) is 5.32 Å². The summed E-state index contributed by atoms with van der Waals surface area (Å²) in [6, 6.07) is 6.21. The second-order valence-electron chi connectivity index (χ2n) is 4.97. The molecular formula is C15H19FN2O2. The molecule has 4 nitrogen and oxygen atoms in total. The molecule has 2 unspecified atom stereocenters. The molecular weight excluding hydrogens is 259 g/mol. The lowest BCUT2D eigenvalue weighted by Gasteiger charge is -2.34. The Kier molecular flexibility index (Phi) is 4.74. The highest BCUT2D eigenvalue weighted by molar-refractivity contribution is 5.76. The van der Waals surface area contributed by atoms with Gasteiger partial charge in [0.05, 0.1) is 12.2 Å². The third-order valence-electron chi connectivity index (χ3n) is 3.08. The van der Waals surface area contributed by atoms with E-state index in [0.29, 0.717) is 18.7 Å². The number of hydrogen-bond donors (Lipinski definition) is 1. The average Bonchev–Trinajstić information content (AvgIpc) is 2.39. The molecule has 0 saturated carbocycles. The number of halogens is 1. The molecule has 108 valence electrons. The lowest BCUT2D eigenvalue weighted by atomic mass is 10.2. The molecule has 1 aromatic carbocycles. The zero-order valence-electron chi connectivity index (χ0n) is 11.7. The molecule has 1 heterocycles. The Hall–Kier alpha value is -1.88. The van der Waals surface area contributed by atoms with Crippen molar-refractivity contribution in [2.45, 2.75) is 26.1 Å². The summed E-state index contributed by atoms with van der Waals surface area (Å²) >= 11 is 0. The lowest BCUT2D eigenvalue weighted by molar-refractivity contribution is -0.0541. The number of carbonyl (C=O) groups is 1. The van der Waals surface area contributed by atoms with Crippen LogP contribution in [-0.4, -0.2) is 36.2 Å². The highest BCUT2D eigenvalue weighted by atomic mass is 19.1. The second-order valence-corrected chi connectivity index (χ2v) is 4.97. The first-order valence-corrected chi connectivity index (χ1v) is 6.68. The van der Waals surface area contributed by atoms with Gasteiger partial charge in [-0.2, -0.15) is 0 Å². The third-order valence-corrected chi connectivity index (χ3v) is 3.08. The van der Waals surface area contributed by atoms with Crippen LogP contribution in [-0.2, 0) is 4.74 Å². The number of carbonyl (C=O) groups excluding carboxylic acids is 1. The van der Waals surface area contributed by atoms with Crippen molar-refractivity contribution in [1.82, 2.24) is 10.2 Å². The van der Waals surface area contributed by atoms with Gasteiger partial charge in [0.1, 0.15) is 5.82 Å². The number of hydrogen-bond acceptors (Lipinski definition) is 2. The van der Waals surface area contributed by atoms with Crippen LogP contribution in [0, 0.1) is 5.82 Å². The van der Waals surface area contributed by atoms with Crippen molar-refractivity contribution in [3.8, 4) is 0 Å². The molecule has 1 saturated heterocycles. The minimum absolute atomic E-state index is 0.0278. The fraction of sp³-hybridized carbons (Fsp3) is 0.400. The molecule has 2 amide bonds. The van der Waals surface area contributed by atoms with Crippen LogP contribution in [0.25, 0.3) is 6.08 Å². The molecule has 0 spiro atoms. The van der Waals surface area contributed by atoms with Crippen molar-refractivity contribution in [3.05, 3.63) is 41.8 Å². The van der Waals surface area contributed by atoms with E-state index >= 15 is 0 Å². The molecule has 1 fully saturated rings. The number of morpholine rings is 1. The first-order valence-electron chi connectivity index (χ1n) is 6.68. The van der Waals surface area contributed by atoms with Crippen LogP contribution in [0.15, 0.2) is 30.5 Å². The number of nitrogens with one attached hydrogen (secondary N) is 1. The molecule has 0 aliphatic carbocycles. The predicted molar refractivity (Wildman–Crippen MR) is 75.5 cm³/mol. The smallest absolute Gasteiger partial charge is 0.321 e. The highest BCUT2D eigenvalue weighted by Crippen LogP contribution is 2.11. The maximum absolute atomic E-state index is 13.4. The van der Waals surface area contributed by atoms with E-state index in [1.165, 1.54) is 12.3 Å². The molecule has 1 aromatic rings. The highest BCUT2D eigenvalue weighted by Gasteiger charge is 2.25. The molecule has 0 aromatic heterocycles. The summed E-state index contributed by atoms with van der Waals surface area (Å²) in [4.78, 5) is 13.7. The van der Waals surface area contributed by atoms with Gasteiger partial charge in [-0.25, -0.2) is 9.18 Å². The lowest BCUT2D eigenvalue weighted by Crippen LogP contribution is -2.50. The fourth-order valence-electron chi connectivity index (χ4n) is 2.25. The van der Waals surface area contributed by atoms with E-state index in [-0.39, 0.29) is 24.1 Å². The van der Waals surface area contributed by atoms with Crippen molar-refractivity contribution in [3.63, 3.8) is 0 Å². The number of benzene rings is 1. The summed E-state index contributed by atoms with van der Waals surface area (Å²) in [5, 5.41) is 2.65. The SMILES string of the molecule is CC1CN(C(=O)N/C=C/c2ccccc2F)CC(C)O1. The summed E-state index contributed by atoms with van der Waals surface area (Å²) in [5.41, 5.74) is 0.441. The number of amides is 2. The van der Waals surface area contributed by atoms with Gasteiger partial charge in [-0.1, -0.05) is 18.2 Å². The molecule has 5 heteroatoms. The molecule has 1 aliphatic heterocycles. The Morgan fingerprint density at radius 2 is 2.00 bits per heavy atom. The van der Waals surface area contributed by atoms with Crippen molar-refractivity contribution in [2.24, 2.45) is 0 Å². The van der Waals surface area contributed by atoms with Crippen LogP contribution < -0.4 is 5.32 Å². The molecule has 0 radical (unpaired) electrons. The minimum Gasteiger partial charge on any atom is -0.372 e. The molecule has 2 rings (SSSR count). The van der Waals surface area contributed by atoms with Crippen LogP contribution >= 0.6 is 0 Å². The van der Waals surface area contributed by atoms with E-state index < -0.39 is 0 Å². The Labute approximate surface area is 118 Å². The zero-order valence-corrected chi connectivity index (χ0v) is 11.7. The van der Waals surface area contributed by atoms with Crippen LogP contribution in [0.1, 0.15) is 19.4 Å². The van der Waals surface area contributed by atoms with E-state index in [0.717, 1.165) is 0 Å². The Morgan fingerprint density at radius 3 is 2.65 bits per heavy atom. The number of ether oxygens (including phenoxy) is 1. The van der Waals surface area contributed by atoms with Gasteiger partial charge in [0.15, 0.2) is 0 Å². The Morgan fingerprint density at radius 1 is 1.35 bits per heavy atom. The van der Waals surface area contributed by atoms with Crippen molar-refractivity contribution >= 4 is 12.1 Å². The van der Waals surface area contributed by atoms with Crippen molar-refractivity contribution in [1.29, 1.82) is 0 Å². The van der Waals surface area contributed by atoms with Gasteiger partial charge < -0.3 is 15.0 Å². The maximum atomic E-state index is 13.4. The summed E-state index contributed by atoms with van der Waals surface area (Å²) in [5.74, 6) is -0.313. The molecule has 1 N–H and O–H groups in total. The predicted octanol–water partition coefficient (Wildman–Crippen LogP) is 2.62. The monoisotopic (exact) mass is 278 g/mol. The van der Waals surface area contributed by atoms with Gasteiger partial charge in [-0.3, -0.25) is 0 Å². The van der Waals surface area contributed by atoms with Crippen LogP contribution in [0.3, 0.4) is 0 Å². The van der Waals surface area contributed by atoms with Crippen molar-refractivity contribution in [2.75, 3.05) is 13.1 Å². The Balaban J connectivity index is 1.90. The third kappa shape index (κ3) is 3.81. The molecule has 0 bridgehead atoms. The van der Waals surface area contributed by atoms with Gasteiger partial charge >= 0.3 is 6.03 Å². The van der Waals surface area contributed by atoms with Gasteiger partial charge in [-0.15, -0.1) is 0 Å².